The van der Waals surface area contributed by atoms with Crippen molar-refractivity contribution >= 4 is 11.9 Å². The maximum absolute atomic E-state index is 12.9. The molecule has 14 nitrogen and oxygen atoms in total. The van der Waals surface area contributed by atoms with Crippen LogP contribution >= 0.6 is 0 Å². The third-order valence-corrected chi connectivity index (χ3v) is 6.67. The third kappa shape index (κ3) is 5.18. The van der Waals surface area contributed by atoms with Gasteiger partial charge in [-0.15, -0.1) is 0 Å². The Morgan fingerprint density at radius 3 is 2.33 bits per heavy atom. The van der Waals surface area contributed by atoms with Crippen molar-refractivity contribution in [2.24, 2.45) is 0 Å². The minimum Gasteiger partial charge on any atom is -0.504 e. The highest BCUT2D eigenvalue weighted by Crippen LogP contribution is 2.46. The van der Waals surface area contributed by atoms with Gasteiger partial charge in [0, 0.05) is 0 Å². The quantitative estimate of drug-likeness (QED) is 0.166. The van der Waals surface area contributed by atoms with E-state index in [4.69, 9.17) is 28.4 Å². The van der Waals surface area contributed by atoms with Gasteiger partial charge < -0.3 is 64.2 Å². The lowest BCUT2D eigenvalue weighted by atomic mass is 10.0. The Labute approximate surface area is 226 Å². The highest BCUT2D eigenvalue weighted by Gasteiger charge is 2.47. The number of carbonyl (C=O) groups excluding carboxylic acids is 1. The predicted molar refractivity (Wildman–Crippen MR) is 131 cm³/mol. The minimum atomic E-state index is -1.65. The monoisotopic (exact) mass is 564 g/mol. The maximum atomic E-state index is 12.9. The average Bonchev–Trinajstić information content (AvgIpc) is 3.24. The smallest absolute Gasteiger partial charge is 0.232 e. The number of phenols is 2. The highest BCUT2D eigenvalue weighted by molar-refractivity contribution is 6.15. The number of aliphatic hydroxyl groups excluding tert-OH is 5. The molecule has 0 spiro atoms. The molecule has 2 fully saturated rings. The van der Waals surface area contributed by atoms with Crippen molar-refractivity contribution in [1.82, 2.24) is 0 Å². The lowest BCUT2D eigenvalue weighted by Crippen LogP contribution is -2.60. The Balaban J connectivity index is 1.34. The summed E-state index contributed by atoms with van der Waals surface area (Å²) in [6.07, 6.45) is -10.4. The van der Waals surface area contributed by atoms with Crippen molar-refractivity contribution in [2.75, 3.05) is 20.3 Å². The van der Waals surface area contributed by atoms with Crippen molar-refractivity contribution in [3.63, 3.8) is 0 Å². The predicted octanol–water partition coefficient (Wildman–Crippen LogP) is -0.996. The van der Waals surface area contributed by atoms with Gasteiger partial charge in [0.25, 0.3) is 0 Å². The number of methoxy groups -OCH3 is 1. The molecular formula is C26H28O14. The number of hydrogen-bond donors (Lipinski definition) is 7. The summed E-state index contributed by atoms with van der Waals surface area (Å²) < 4.78 is 33.2. The van der Waals surface area contributed by atoms with E-state index < -0.39 is 55.0 Å². The van der Waals surface area contributed by atoms with Gasteiger partial charge in [0.05, 0.1) is 25.9 Å². The molecule has 7 N–H and O–H groups in total. The summed E-state index contributed by atoms with van der Waals surface area (Å²) in [6, 6.07) is 6.81. The van der Waals surface area contributed by atoms with Crippen LogP contribution in [0.4, 0.5) is 0 Å². The zero-order chi connectivity index (χ0) is 28.7. The number of rotatable bonds is 6. The molecule has 3 aliphatic rings. The number of Topliss-reactive ketones (excluding diaryl/α,β-unsaturated/α-hetero) is 1. The van der Waals surface area contributed by atoms with Crippen LogP contribution < -0.4 is 14.2 Å². The first-order chi connectivity index (χ1) is 19.1. The van der Waals surface area contributed by atoms with E-state index >= 15 is 0 Å². The van der Waals surface area contributed by atoms with Crippen LogP contribution in [0.5, 0.6) is 28.7 Å². The molecule has 40 heavy (non-hydrogen) atoms. The SMILES string of the molecule is COc1c(O[C@H]2OC[C@H](O)[C@@H](O[C@H]3OC[C@H](O)[C@H](O)[C@@H]3O)[C@@H]2O)ccc2c1OC(=Cc1ccc(O)c(O)c1)C2=O. The molecule has 14 heteroatoms. The third-order valence-electron chi connectivity index (χ3n) is 6.67. The Kier molecular flexibility index (Phi) is 7.85. The molecule has 0 unspecified atom stereocenters. The van der Waals surface area contributed by atoms with Gasteiger partial charge in [-0.2, -0.15) is 0 Å². The number of benzene rings is 2. The van der Waals surface area contributed by atoms with Crippen LogP contribution in [0.3, 0.4) is 0 Å². The van der Waals surface area contributed by atoms with Gasteiger partial charge in [-0.3, -0.25) is 4.79 Å². The molecule has 5 rings (SSSR count). The van der Waals surface area contributed by atoms with Gasteiger partial charge in [0.2, 0.25) is 17.8 Å². The molecule has 216 valence electrons. The molecule has 2 aromatic carbocycles. The maximum Gasteiger partial charge on any atom is 0.232 e. The second-order valence-electron chi connectivity index (χ2n) is 9.39. The average molecular weight is 564 g/mol. The van der Waals surface area contributed by atoms with Crippen LogP contribution in [-0.2, 0) is 14.2 Å². The van der Waals surface area contributed by atoms with Gasteiger partial charge in [-0.1, -0.05) is 6.07 Å². The number of allylic oxidation sites excluding steroid dienone is 1. The van der Waals surface area contributed by atoms with Crippen LogP contribution in [0.25, 0.3) is 6.08 Å². The van der Waals surface area contributed by atoms with E-state index in [0.717, 1.165) is 0 Å². The fourth-order valence-electron chi connectivity index (χ4n) is 4.50. The number of fused-ring (bicyclic) bond motifs is 1. The summed E-state index contributed by atoms with van der Waals surface area (Å²) in [6.45, 7) is -0.678. The largest absolute Gasteiger partial charge is 0.504 e. The Bertz CT molecular complexity index is 1290. The summed E-state index contributed by atoms with van der Waals surface area (Å²) in [7, 11) is 1.31. The van der Waals surface area contributed by atoms with Crippen molar-refractivity contribution in [2.45, 2.75) is 49.2 Å². The Hall–Kier alpha value is -3.47. The first kappa shape index (κ1) is 28.1. The molecule has 0 amide bonds. The van der Waals surface area contributed by atoms with Crippen LogP contribution in [0, 0.1) is 0 Å². The van der Waals surface area contributed by atoms with Crippen molar-refractivity contribution < 1.29 is 69.0 Å². The standard InChI is InChI=1S/C26H28O14/c1-35-24-16(5-3-11-18(31)17(38-22(11)24)7-10-2-4-12(27)13(28)6-10)39-26-21(34)23(15(30)9-37-26)40-25-20(33)19(32)14(29)8-36-25/h2-7,14-15,19-21,23,25-30,32-34H,8-9H2,1H3/t14-,15-,19-,20-,21-,23+,25+,26+/m0/s1. The van der Waals surface area contributed by atoms with Crippen LogP contribution in [0.15, 0.2) is 36.1 Å². The zero-order valence-corrected chi connectivity index (χ0v) is 21.0. The van der Waals surface area contributed by atoms with E-state index in [2.05, 4.69) is 0 Å². The topological polar surface area (TPSA) is 214 Å². The number of ketones is 1. The van der Waals surface area contributed by atoms with Crippen LogP contribution in [0.2, 0.25) is 0 Å². The molecule has 8 atom stereocenters. The van der Waals surface area contributed by atoms with Gasteiger partial charge >= 0.3 is 0 Å². The Morgan fingerprint density at radius 1 is 0.875 bits per heavy atom. The van der Waals surface area contributed by atoms with Crippen LogP contribution in [-0.4, -0.2) is 111 Å². The van der Waals surface area contributed by atoms with Gasteiger partial charge in [-0.25, -0.2) is 0 Å². The fourth-order valence-corrected chi connectivity index (χ4v) is 4.50. The molecule has 2 aromatic rings. The summed E-state index contributed by atoms with van der Waals surface area (Å²) in [5.41, 5.74) is 0.545. The van der Waals surface area contributed by atoms with Gasteiger partial charge in [-0.05, 0) is 35.9 Å². The van der Waals surface area contributed by atoms with Crippen molar-refractivity contribution in [1.29, 1.82) is 0 Å². The first-order valence-electron chi connectivity index (χ1n) is 12.2. The molecule has 0 bridgehead atoms. The second kappa shape index (κ2) is 11.2. The van der Waals surface area contributed by atoms with Crippen LogP contribution in [0.1, 0.15) is 15.9 Å². The van der Waals surface area contributed by atoms with E-state index in [1.54, 1.807) is 0 Å². The van der Waals surface area contributed by atoms with Crippen molar-refractivity contribution in [3.05, 3.63) is 47.2 Å². The number of carbonyl (C=O) groups is 1. The van der Waals surface area contributed by atoms with E-state index in [0.29, 0.717) is 5.56 Å². The van der Waals surface area contributed by atoms with E-state index in [9.17, 15) is 40.5 Å². The molecular weight excluding hydrogens is 536 g/mol. The number of aliphatic hydroxyl groups is 5. The summed E-state index contributed by atoms with van der Waals surface area (Å²) >= 11 is 0. The normalized spacial score (nSPS) is 33.0. The van der Waals surface area contributed by atoms with E-state index in [1.807, 2.05) is 0 Å². The second-order valence-corrected chi connectivity index (χ2v) is 9.39. The molecule has 0 aromatic heterocycles. The Morgan fingerprint density at radius 2 is 1.60 bits per heavy atom. The summed E-state index contributed by atoms with van der Waals surface area (Å²) in [5.74, 6) is -1.20. The summed E-state index contributed by atoms with van der Waals surface area (Å²) in [5, 5.41) is 70.2. The van der Waals surface area contributed by atoms with Gasteiger partial charge in [0.15, 0.2) is 35.0 Å². The zero-order valence-electron chi connectivity index (χ0n) is 21.0. The fraction of sp³-hybridized carbons (Fsp3) is 0.423. The van der Waals surface area contributed by atoms with Crippen molar-refractivity contribution in [3.8, 4) is 28.7 Å². The molecule has 3 aliphatic heterocycles. The molecule has 3 heterocycles. The molecule has 0 aliphatic carbocycles. The molecule has 0 saturated carbocycles. The number of phenolic OH excluding ortho intramolecular Hbond substituents is 2. The minimum absolute atomic E-state index is 0.00494. The van der Waals surface area contributed by atoms with E-state index in [-0.39, 0.29) is 53.3 Å². The number of ether oxygens (including phenoxy) is 6. The number of hydrogen-bond acceptors (Lipinski definition) is 14. The lowest BCUT2D eigenvalue weighted by molar-refractivity contribution is -0.326. The highest BCUT2D eigenvalue weighted by atomic mass is 16.7. The van der Waals surface area contributed by atoms with E-state index in [1.165, 1.54) is 43.5 Å². The number of aromatic hydroxyl groups is 2. The lowest BCUT2D eigenvalue weighted by Gasteiger charge is -2.42. The molecule has 2 saturated heterocycles. The summed E-state index contributed by atoms with van der Waals surface area (Å²) in [4.78, 5) is 12.9. The van der Waals surface area contributed by atoms with Gasteiger partial charge in [0.1, 0.15) is 36.6 Å². The molecule has 0 radical (unpaired) electrons. The first-order valence-corrected chi connectivity index (χ1v) is 12.2.